The Kier molecular flexibility index (Phi) is 6.55. The third-order valence-electron chi connectivity index (χ3n) is 5.71. The maximum absolute atomic E-state index is 13.3. The highest BCUT2D eigenvalue weighted by molar-refractivity contribution is 8.00. The summed E-state index contributed by atoms with van der Waals surface area (Å²) in [5.74, 6) is -0.263. The summed E-state index contributed by atoms with van der Waals surface area (Å²) in [6, 6.07) is 13.1. The van der Waals surface area contributed by atoms with Crippen LogP contribution in [0, 0.1) is 10.1 Å². The minimum absolute atomic E-state index is 0.0396. The lowest BCUT2D eigenvalue weighted by Crippen LogP contribution is -2.30. The first-order chi connectivity index (χ1) is 15.4. The normalized spacial score (nSPS) is 15.4. The van der Waals surface area contributed by atoms with E-state index in [-0.39, 0.29) is 23.2 Å². The Morgan fingerprint density at radius 2 is 1.84 bits per heavy atom. The predicted molar refractivity (Wildman–Crippen MR) is 125 cm³/mol. The molecule has 1 saturated carbocycles. The lowest BCUT2D eigenvalue weighted by Gasteiger charge is -2.26. The van der Waals surface area contributed by atoms with Crippen LogP contribution in [0.1, 0.15) is 45.1 Å². The van der Waals surface area contributed by atoms with E-state index in [1.165, 1.54) is 42.4 Å². The van der Waals surface area contributed by atoms with Crippen LogP contribution in [0.2, 0.25) is 0 Å². The molecule has 1 aliphatic carbocycles. The minimum atomic E-state index is -0.520. The van der Waals surface area contributed by atoms with Gasteiger partial charge in [0.2, 0.25) is 5.91 Å². The number of anilines is 1. The number of hydrogen-bond acceptors (Lipinski definition) is 6. The van der Waals surface area contributed by atoms with Crippen molar-refractivity contribution in [1.82, 2.24) is 9.55 Å². The quantitative estimate of drug-likeness (QED) is 0.246. The number of aromatic nitrogens is 2. The SMILES string of the molecule is CC(Sc1nc2ccccc2c(=O)n1C1CCCCC1)C(=O)Nc1ccc([N+](=O)[O-])cc1. The van der Waals surface area contributed by atoms with E-state index in [1.807, 2.05) is 18.2 Å². The second kappa shape index (κ2) is 9.52. The number of fused-ring (bicyclic) bond motifs is 1. The minimum Gasteiger partial charge on any atom is -0.325 e. The smallest absolute Gasteiger partial charge is 0.269 e. The van der Waals surface area contributed by atoms with Crippen molar-refractivity contribution in [2.24, 2.45) is 0 Å². The number of amides is 1. The molecular weight excluding hydrogens is 428 g/mol. The summed E-state index contributed by atoms with van der Waals surface area (Å²) in [6.07, 6.45) is 5.17. The molecule has 9 heteroatoms. The Labute approximate surface area is 189 Å². The number of hydrogen-bond donors (Lipinski definition) is 1. The molecule has 0 aliphatic heterocycles. The van der Waals surface area contributed by atoms with E-state index in [0.717, 1.165) is 25.7 Å². The van der Waals surface area contributed by atoms with Gasteiger partial charge >= 0.3 is 0 Å². The average Bonchev–Trinajstić information content (AvgIpc) is 2.80. The monoisotopic (exact) mass is 452 g/mol. The molecule has 0 spiro atoms. The summed E-state index contributed by atoms with van der Waals surface area (Å²) in [7, 11) is 0. The largest absolute Gasteiger partial charge is 0.325 e. The maximum atomic E-state index is 13.3. The molecule has 1 aliphatic rings. The number of thioether (sulfide) groups is 1. The summed E-state index contributed by atoms with van der Waals surface area (Å²) >= 11 is 1.26. The molecule has 1 aromatic heterocycles. The Bertz CT molecular complexity index is 1200. The highest BCUT2D eigenvalue weighted by Crippen LogP contribution is 2.32. The molecule has 1 unspecified atom stereocenters. The van der Waals surface area contributed by atoms with E-state index in [1.54, 1.807) is 17.6 Å². The number of carbonyl (C=O) groups is 1. The molecule has 166 valence electrons. The average molecular weight is 453 g/mol. The summed E-state index contributed by atoms with van der Waals surface area (Å²) in [6.45, 7) is 1.76. The van der Waals surface area contributed by atoms with E-state index in [9.17, 15) is 19.7 Å². The van der Waals surface area contributed by atoms with Gasteiger partial charge in [0.15, 0.2) is 5.16 Å². The van der Waals surface area contributed by atoms with Gasteiger partial charge in [0.05, 0.1) is 21.1 Å². The van der Waals surface area contributed by atoms with Crippen molar-refractivity contribution in [3.8, 4) is 0 Å². The van der Waals surface area contributed by atoms with Gasteiger partial charge in [-0.25, -0.2) is 4.98 Å². The molecule has 1 amide bonds. The molecule has 4 rings (SSSR count). The summed E-state index contributed by atoms with van der Waals surface area (Å²) in [5, 5.41) is 14.2. The van der Waals surface area contributed by atoms with Gasteiger partial charge in [-0.3, -0.25) is 24.3 Å². The molecule has 1 atom stereocenters. The Morgan fingerprint density at radius 1 is 1.16 bits per heavy atom. The molecule has 1 fully saturated rings. The summed E-state index contributed by atoms with van der Waals surface area (Å²) < 4.78 is 1.78. The highest BCUT2D eigenvalue weighted by Gasteiger charge is 2.25. The predicted octanol–water partition coefficient (Wildman–Crippen LogP) is 4.93. The van der Waals surface area contributed by atoms with Crippen molar-refractivity contribution in [3.05, 3.63) is 69.0 Å². The number of nitro benzene ring substituents is 1. The standard InChI is InChI=1S/C23H24N4O4S/c1-15(21(28)24-16-11-13-18(14-12-16)27(30)31)32-23-25-20-10-6-5-9-19(20)22(29)26(23)17-7-3-2-4-8-17/h5-6,9-15,17H,2-4,7-8H2,1H3,(H,24,28). The van der Waals surface area contributed by atoms with Gasteiger partial charge in [0.1, 0.15) is 0 Å². The fourth-order valence-corrected chi connectivity index (χ4v) is 4.97. The molecule has 2 aromatic carbocycles. The zero-order chi connectivity index (χ0) is 22.7. The molecule has 8 nitrogen and oxygen atoms in total. The maximum Gasteiger partial charge on any atom is 0.269 e. The first-order valence-electron chi connectivity index (χ1n) is 10.7. The van der Waals surface area contributed by atoms with Crippen LogP contribution in [-0.4, -0.2) is 25.6 Å². The van der Waals surface area contributed by atoms with Crippen LogP contribution < -0.4 is 10.9 Å². The Balaban J connectivity index is 1.60. The van der Waals surface area contributed by atoms with Crippen molar-refractivity contribution in [3.63, 3.8) is 0 Å². The molecule has 0 bridgehead atoms. The third-order valence-corrected chi connectivity index (χ3v) is 6.78. The number of nitro groups is 1. The van der Waals surface area contributed by atoms with Crippen molar-refractivity contribution >= 4 is 39.9 Å². The van der Waals surface area contributed by atoms with Crippen molar-refractivity contribution in [2.75, 3.05) is 5.32 Å². The Morgan fingerprint density at radius 3 is 2.53 bits per heavy atom. The molecule has 0 radical (unpaired) electrons. The Hall–Kier alpha value is -3.20. The summed E-state index contributed by atoms with van der Waals surface area (Å²) in [5.41, 5.74) is 0.995. The summed E-state index contributed by atoms with van der Waals surface area (Å²) in [4.78, 5) is 41.2. The number of non-ortho nitro benzene ring substituents is 1. The van der Waals surface area contributed by atoms with Gasteiger partial charge in [-0.05, 0) is 44.0 Å². The second-order valence-electron chi connectivity index (χ2n) is 7.93. The van der Waals surface area contributed by atoms with Gasteiger partial charge in [0, 0.05) is 23.9 Å². The van der Waals surface area contributed by atoms with Crippen molar-refractivity contribution in [1.29, 1.82) is 0 Å². The van der Waals surface area contributed by atoms with Crippen LogP contribution in [0.15, 0.2) is 58.5 Å². The second-order valence-corrected chi connectivity index (χ2v) is 9.24. The van der Waals surface area contributed by atoms with Crippen LogP contribution in [-0.2, 0) is 4.79 Å². The molecule has 0 saturated heterocycles. The topological polar surface area (TPSA) is 107 Å². The van der Waals surface area contributed by atoms with Crippen LogP contribution >= 0.6 is 11.8 Å². The van der Waals surface area contributed by atoms with Crippen molar-refractivity contribution in [2.45, 2.75) is 55.5 Å². The fourth-order valence-electron chi connectivity index (χ4n) is 3.99. The van der Waals surface area contributed by atoms with Crippen LogP contribution in [0.25, 0.3) is 10.9 Å². The molecule has 32 heavy (non-hydrogen) atoms. The zero-order valence-corrected chi connectivity index (χ0v) is 18.5. The third kappa shape index (κ3) is 4.67. The van der Waals surface area contributed by atoms with Crippen LogP contribution in [0.3, 0.4) is 0 Å². The van der Waals surface area contributed by atoms with Gasteiger partial charge in [0.25, 0.3) is 11.2 Å². The van der Waals surface area contributed by atoms with Crippen molar-refractivity contribution < 1.29 is 9.72 Å². The molecule has 1 N–H and O–H groups in total. The highest BCUT2D eigenvalue weighted by atomic mass is 32.2. The molecular formula is C23H24N4O4S. The number of para-hydroxylation sites is 1. The number of rotatable bonds is 6. The van der Waals surface area contributed by atoms with E-state index in [4.69, 9.17) is 4.98 Å². The number of nitrogens with zero attached hydrogens (tertiary/aromatic N) is 3. The zero-order valence-electron chi connectivity index (χ0n) is 17.7. The van der Waals surface area contributed by atoms with E-state index in [0.29, 0.717) is 21.7 Å². The van der Waals surface area contributed by atoms with Gasteiger partial charge in [-0.1, -0.05) is 43.2 Å². The van der Waals surface area contributed by atoms with Gasteiger partial charge < -0.3 is 5.32 Å². The number of carbonyl (C=O) groups excluding carboxylic acids is 1. The number of benzene rings is 2. The van der Waals surface area contributed by atoms with E-state index < -0.39 is 10.2 Å². The van der Waals surface area contributed by atoms with Crippen LogP contribution in [0.5, 0.6) is 0 Å². The lowest BCUT2D eigenvalue weighted by atomic mass is 9.95. The van der Waals surface area contributed by atoms with Crippen LogP contribution in [0.4, 0.5) is 11.4 Å². The number of nitrogens with one attached hydrogen (secondary N) is 1. The van der Waals surface area contributed by atoms with E-state index in [2.05, 4.69) is 5.32 Å². The van der Waals surface area contributed by atoms with Gasteiger partial charge in [-0.15, -0.1) is 0 Å². The first kappa shape index (κ1) is 22.0. The lowest BCUT2D eigenvalue weighted by molar-refractivity contribution is -0.384. The molecule has 3 aromatic rings. The van der Waals surface area contributed by atoms with E-state index >= 15 is 0 Å². The first-order valence-corrected chi connectivity index (χ1v) is 11.6. The fraction of sp³-hybridized carbons (Fsp3) is 0.348. The molecule has 1 heterocycles. The van der Waals surface area contributed by atoms with Gasteiger partial charge in [-0.2, -0.15) is 0 Å².